The number of carbonyl (C=O) groups excluding carboxylic acids is 1. The van der Waals surface area contributed by atoms with Crippen molar-refractivity contribution in [2.75, 3.05) is 19.6 Å². The molecule has 0 spiro atoms. The molecule has 0 radical (unpaired) electrons. The molecule has 0 aliphatic carbocycles. The summed E-state index contributed by atoms with van der Waals surface area (Å²) in [5, 5.41) is 6.50. The molecule has 3 nitrogen and oxygen atoms in total. The fourth-order valence-electron chi connectivity index (χ4n) is 2.71. The number of rotatable bonds is 8. The average Bonchev–Trinajstić information content (AvgIpc) is 2.38. The number of carbonyl (C=O) groups is 1. The molecule has 2 N–H and O–H groups in total. The second-order valence-corrected chi connectivity index (χ2v) is 6.81. The van der Waals surface area contributed by atoms with Gasteiger partial charge >= 0.3 is 0 Å². The van der Waals surface area contributed by atoms with Gasteiger partial charge in [0.05, 0.1) is 0 Å². The number of unbranched alkanes of at least 4 members (excludes halogenated alkanes) is 2. The van der Waals surface area contributed by atoms with Crippen molar-refractivity contribution in [1.82, 2.24) is 10.6 Å². The normalized spacial score (nSPS) is 20.3. The molecule has 1 heterocycles. The molecule has 1 atom stereocenters. The molecule has 1 unspecified atom stereocenters. The smallest absolute Gasteiger partial charge is 0.220 e. The maximum atomic E-state index is 11.9. The minimum atomic E-state index is 0.232. The number of hydrogen-bond acceptors (Lipinski definition) is 2. The van der Waals surface area contributed by atoms with Gasteiger partial charge in [-0.2, -0.15) is 0 Å². The molecule has 1 aliphatic heterocycles. The van der Waals surface area contributed by atoms with Gasteiger partial charge in [0.15, 0.2) is 0 Å². The monoisotopic (exact) mass is 268 g/mol. The summed E-state index contributed by atoms with van der Waals surface area (Å²) in [5.74, 6) is 0.772. The molecule has 19 heavy (non-hydrogen) atoms. The van der Waals surface area contributed by atoms with Gasteiger partial charge in [-0.1, -0.05) is 40.0 Å². The van der Waals surface area contributed by atoms with E-state index in [1.165, 1.54) is 38.5 Å². The van der Waals surface area contributed by atoms with Crippen molar-refractivity contribution < 1.29 is 4.79 Å². The van der Waals surface area contributed by atoms with Gasteiger partial charge in [0, 0.05) is 13.0 Å². The first-order valence-corrected chi connectivity index (χ1v) is 8.01. The molecule has 1 amide bonds. The third-order valence-electron chi connectivity index (χ3n) is 4.09. The van der Waals surface area contributed by atoms with Gasteiger partial charge in [-0.15, -0.1) is 0 Å². The van der Waals surface area contributed by atoms with Crippen molar-refractivity contribution >= 4 is 5.91 Å². The summed E-state index contributed by atoms with van der Waals surface area (Å²) in [7, 11) is 0. The van der Waals surface area contributed by atoms with Gasteiger partial charge in [0.2, 0.25) is 5.91 Å². The molecular formula is C16H32N2O. The zero-order chi connectivity index (χ0) is 14.1. The second-order valence-electron chi connectivity index (χ2n) is 6.81. The van der Waals surface area contributed by atoms with E-state index in [0.717, 1.165) is 19.6 Å². The summed E-state index contributed by atoms with van der Waals surface area (Å²) in [5.41, 5.74) is 0.232. The molecule has 1 aliphatic rings. The van der Waals surface area contributed by atoms with Crippen molar-refractivity contribution in [1.29, 1.82) is 0 Å². The highest BCUT2D eigenvalue weighted by Gasteiger charge is 2.20. The van der Waals surface area contributed by atoms with Crippen molar-refractivity contribution in [2.45, 2.75) is 65.7 Å². The third-order valence-corrected chi connectivity index (χ3v) is 4.09. The van der Waals surface area contributed by atoms with Crippen molar-refractivity contribution in [3.05, 3.63) is 0 Å². The van der Waals surface area contributed by atoms with Gasteiger partial charge in [0.1, 0.15) is 0 Å². The Kier molecular flexibility index (Phi) is 7.44. The average molecular weight is 268 g/mol. The van der Waals surface area contributed by atoms with Crippen LogP contribution in [0.5, 0.6) is 0 Å². The van der Waals surface area contributed by atoms with E-state index in [-0.39, 0.29) is 11.3 Å². The minimum Gasteiger partial charge on any atom is -0.356 e. The predicted octanol–water partition coefficient (Wildman–Crippen LogP) is 3.10. The van der Waals surface area contributed by atoms with Gasteiger partial charge in [0.25, 0.3) is 0 Å². The first kappa shape index (κ1) is 16.5. The van der Waals surface area contributed by atoms with Crippen LogP contribution in [0.25, 0.3) is 0 Å². The molecule has 112 valence electrons. The van der Waals surface area contributed by atoms with Crippen LogP contribution in [0.1, 0.15) is 65.7 Å². The van der Waals surface area contributed by atoms with E-state index in [9.17, 15) is 4.79 Å². The molecule has 0 bridgehead atoms. The van der Waals surface area contributed by atoms with Gasteiger partial charge < -0.3 is 10.6 Å². The van der Waals surface area contributed by atoms with Crippen LogP contribution in [0.15, 0.2) is 0 Å². The highest BCUT2D eigenvalue weighted by atomic mass is 16.1. The van der Waals surface area contributed by atoms with E-state index in [1.54, 1.807) is 0 Å². The molecule has 0 saturated carbocycles. The maximum Gasteiger partial charge on any atom is 0.220 e. The molecule has 1 rings (SSSR count). The van der Waals surface area contributed by atoms with Crippen LogP contribution < -0.4 is 10.6 Å². The first-order valence-electron chi connectivity index (χ1n) is 8.01. The highest BCUT2D eigenvalue weighted by molar-refractivity contribution is 5.76. The lowest BCUT2D eigenvalue weighted by Gasteiger charge is -2.26. The molecule has 1 fully saturated rings. The standard InChI is InChI=1S/C16H32N2O/c1-4-5-6-9-16(2,3)13-18-15(19)11-14-8-7-10-17-12-14/h14,17H,4-13H2,1-3H3,(H,18,19). The summed E-state index contributed by atoms with van der Waals surface area (Å²) in [6.07, 6.45) is 8.12. The summed E-state index contributed by atoms with van der Waals surface area (Å²) >= 11 is 0. The molecular weight excluding hydrogens is 236 g/mol. The van der Waals surface area contributed by atoms with Gasteiger partial charge in [-0.05, 0) is 43.7 Å². The lowest BCUT2D eigenvalue weighted by atomic mass is 9.86. The number of piperidine rings is 1. The van der Waals surface area contributed by atoms with Crippen molar-refractivity contribution in [2.24, 2.45) is 11.3 Å². The quantitative estimate of drug-likeness (QED) is 0.664. The Balaban J connectivity index is 2.17. The molecule has 1 saturated heterocycles. The lowest BCUT2D eigenvalue weighted by Crippen LogP contribution is -2.37. The van der Waals surface area contributed by atoms with Crippen LogP contribution in [0.2, 0.25) is 0 Å². The number of hydrogen-bond donors (Lipinski definition) is 2. The van der Waals surface area contributed by atoms with Crippen LogP contribution in [0, 0.1) is 11.3 Å². The van der Waals surface area contributed by atoms with E-state index in [4.69, 9.17) is 0 Å². The van der Waals surface area contributed by atoms with E-state index in [2.05, 4.69) is 31.4 Å². The molecule has 0 aromatic heterocycles. The zero-order valence-corrected chi connectivity index (χ0v) is 13.1. The Labute approximate surface area is 118 Å². The lowest BCUT2D eigenvalue weighted by molar-refractivity contribution is -0.122. The van der Waals surface area contributed by atoms with Gasteiger partial charge in [-0.3, -0.25) is 4.79 Å². The van der Waals surface area contributed by atoms with E-state index in [1.807, 2.05) is 0 Å². The van der Waals surface area contributed by atoms with Crippen LogP contribution in [0.3, 0.4) is 0 Å². The Hall–Kier alpha value is -0.570. The zero-order valence-electron chi connectivity index (χ0n) is 13.1. The molecule has 3 heteroatoms. The van der Waals surface area contributed by atoms with Crippen molar-refractivity contribution in [3.63, 3.8) is 0 Å². The largest absolute Gasteiger partial charge is 0.356 e. The van der Waals surface area contributed by atoms with E-state index < -0.39 is 0 Å². The SMILES string of the molecule is CCCCCC(C)(C)CNC(=O)CC1CCCNC1. The summed E-state index contributed by atoms with van der Waals surface area (Å²) in [6.45, 7) is 9.68. The van der Waals surface area contributed by atoms with Crippen LogP contribution >= 0.6 is 0 Å². The summed E-state index contributed by atoms with van der Waals surface area (Å²) < 4.78 is 0. The second kappa shape index (κ2) is 8.57. The minimum absolute atomic E-state index is 0.232. The predicted molar refractivity (Wildman–Crippen MR) is 81.1 cm³/mol. The summed E-state index contributed by atoms with van der Waals surface area (Å²) in [6, 6.07) is 0. The Bertz CT molecular complexity index is 257. The fourth-order valence-corrected chi connectivity index (χ4v) is 2.71. The molecule has 0 aromatic rings. The Morgan fingerprint density at radius 3 is 2.79 bits per heavy atom. The Morgan fingerprint density at radius 1 is 1.37 bits per heavy atom. The topological polar surface area (TPSA) is 41.1 Å². The van der Waals surface area contributed by atoms with E-state index >= 15 is 0 Å². The fraction of sp³-hybridized carbons (Fsp3) is 0.938. The van der Waals surface area contributed by atoms with Crippen molar-refractivity contribution in [3.8, 4) is 0 Å². The van der Waals surface area contributed by atoms with Crippen LogP contribution in [-0.2, 0) is 4.79 Å². The first-order chi connectivity index (χ1) is 9.03. The maximum absolute atomic E-state index is 11.9. The van der Waals surface area contributed by atoms with E-state index in [0.29, 0.717) is 12.3 Å². The Morgan fingerprint density at radius 2 is 2.16 bits per heavy atom. The highest BCUT2D eigenvalue weighted by Crippen LogP contribution is 2.23. The number of amides is 1. The van der Waals surface area contributed by atoms with Crippen LogP contribution in [-0.4, -0.2) is 25.5 Å². The molecule has 0 aromatic carbocycles. The number of nitrogens with one attached hydrogen (secondary N) is 2. The summed E-state index contributed by atoms with van der Waals surface area (Å²) in [4.78, 5) is 11.9. The third kappa shape index (κ3) is 7.56. The van der Waals surface area contributed by atoms with Gasteiger partial charge in [-0.25, -0.2) is 0 Å². The van der Waals surface area contributed by atoms with Crippen LogP contribution in [0.4, 0.5) is 0 Å².